The highest BCUT2D eigenvalue weighted by Crippen LogP contribution is 2.30. The van der Waals surface area contributed by atoms with Gasteiger partial charge in [0.25, 0.3) is 0 Å². The molecule has 1 unspecified atom stereocenters. The third kappa shape index (κ3) is 3.50. The van der Waals surface area contributed by atoms with E-state index in [4.69, 9.17) is 0 Å². The van der Waals surface area contributed by atoms with Gasteiger partial charge in [0.15, 0.2) is 0 Å². The van der Waals surface area contributed by atoms with E-state index >= 15 is 0 Å². The van der Waals surface area contributed by atoms with Crippen LogP contribution in [0, 0.1) is 5.41 Å². The molecule has 1 atom stereocenters. The van der Waals surface area contributed by atoms with E-state index in [0.29, 0.717) is 5.41 Å². The molecule has 2 heteroatoms. The zero-order valence-corrected chi connectivity index (χ0v) is 12.7. The number of aryl methyl sites for hydroxylation is 1. The lowest BCUT2D eigenvalue weighted by Crippen LogP contribution is -2.41. The molecule has 1 aliphatic heterocycles. The first-order valence-corrected chi connectivity index (χ1v) is 7.66. The topological polar surface area (TPSA) is 15.3 Å². The molecule has 0 fully saturated rings. The zero-order valence-electron chi connectivity index (χ0n) is 12.7. The third-order valence-electron chi connectivity index (χ3n) is 4.49. The van der Waals surface area contributed by atoms with E-state index < -0.39 is 0 Å². The Morgan fingerprint density at radius 3 is 2.79 bits per heavy atom. The number of nitrogens with one attached hydrogen (secondary N) is 1. The van der Waals surface area contributed by atoms with Gasteiger partial charge in [-0.3, -0.25) is 0 Å². The van der Waals surface area contributed by atoms with E-state index in [9.17, 15) is 0 Å². The predicted octanol–water partition coefficient (Wildman–Crippen LogP) is 3.47. The number of anilines is 1. The van der Waals surface area contributed by atoms with Gasteiger partial charge in [-0.05, 0) is 49.8 Å². The molecular weight excluding hydrogens is 232 g/mol. The average molecular weight is 260 g/mol. The summed E-state index contributed by atoms with van der Waals surface area (Å²) in [6, 6.07) is 8.96. The second-order valence-electron chi connectivity index (χ2n) is 6.20. The predicted molar refractivity (Wildman–Crippen MR) is 83.9 cm³/mol. The molecule has 0 saturated carbocycles. The molecule has 1 heterocycles. The van der Waals surface area contributed by atoms with Crippen LogP contribution in [0.25, 0.3) is 0 Å². The Labute approximate surface area is 118 Å². The Bertz CT molecular complexity index is 402. The van der Waals surface area contributed by atoms with Gasteiger partial charge in [-0.2, -0.15) is 0 Å². The summed E-state index contributed by atoms with van der Waals surface area (Å²) in [4.78, 5) is 2.61. The lowest BCUT2D eigenvalue weighted by atomic mass is 9.86. The molecule has 1 aliphatic rings. The van der Waals surface area contributed by atoms with Crippen LogP contribution in [-0.2, 0) is 6.42 Å². The molecule has 0 saturated heterocycles. The van der Waals surface area contributed by atoms with Crippen LogP contribution in [0.4, 0.5) is 5.69 Å². The fraction of sp³-hybridized carbons (Fsp3) is 0.647. The van der Waals surface area contributed by atoms with E-state index in [1.807, 2.05) is 0 Å². The van der Waals surface area contributed by atoms with Crippen LogP contribution >= 0.6 is 0 Å². The number of hydrogen-bond acceptors (Lipinski definition) is 2. The summed E-state index contributed by atoms with van der Waals surface area (Å²) in [6.45, 7) is 8.15. The number of para-hydroxylation sites is 1. The smallest absolute Gasteiger partial charge is 0.0398 e. The fourth-order valence-electron chi connectivity index (χ4n) is 3.11. The minimum atomic E-state index is 0.353. The molecule has 1 N–H and O–H groups in total. The molecule has 0 radical (unpaired) electrons. The molecular formula is C17H28N2. The zero-order chi connectivity index (χ0) is 13.7. The molecule has 2 nitrogen and oxygen atoms in total. The van der Waals surface area contributed by atoms with Gasteiger partial charge in [0.2, 0.25) is 0 Å². The normalized spacial score (nSPS) is 18.6. The van der Waals surface area contributed by atoms with Crippen LogP contribution < -0.4 is 10.2 Å². The van der Waals surface area contributed by atoms with Crippen LogP contribution in [0.1, 0.15) is 38.7 Å². The molecule has 106 valence electrons. The van der Waals surface area contributed by atoms with Gasteiger partial charge in [-0.25, -0.2) is 0 Å². The highest BCUT2D eigenvalue weighted by Gasteiger charge is 2.26. The second kappa shape index (κ2) is 6.42. The molecule has 1 aromatic rings. The monoisotopic (exact) mass is 260 g/mol. The molecule has 0 aliphatic carbocycles. The minimum Gasteiger partial charge on any atom is -0.371 e. The summed E-state index contributed by atoms with van der Waals surface area (Å²) >= 11 is 0. The molecule has 0 spiro atoms. The largest absolute Gasteiger partial charge is 0.371 e. The van der Waals surface area contributed by atoms with Gasteiger partial charge in [0, 0.05) is 25.3 Å². The molecule has 0 aromatic heterocycles. The highest BCUT2D eigenvalue weighted by atomic mass is 15.1. The first-order chi connectivity index (χ1) is 9.18. The average Bonchev–Trinajstić information content (AvgIpc) is 2.62. The molecule has 0 amide bonds. The maximum absolute atomic E-state index is 3.36. The van der Waals surface area contributed by atoms with Crippen LogP contribution in [0.5, 0.6) is 0 Å². The number of fused-ring (bicyclic) bond motifs is 1. The van der Waals surface area contributed by atoms with Crippen molar-refractivity contribution in [2.75, 3.05) is 31.6 Å². The van der Waals surface area contributed by atoms with Gasteiger partial charge in [-0.1, -0.05) is 32.0 Å². The van der Waals surface area contributed by atoms with Gasteiger partial charge < -0.3 is 10.2 Å². The maximum Gasteiger partial charge on any atom is 0.0398 e. The van der Waals surface area contributed by atoms with Crippen molar-refractivity contribution >= 4 is 5.69 Å². The summed E-state index contributed by atoms with van der Waals surface area (Å²) < 4.78 is 0. The summed E-state index contributed by atoms with van der Waals surface area (Å²) in [5.41, 5.74) is 3.35. The van der Waals surface area contributed by atoms with Crippen molar-refractivity contribution in [1.82, 2.24) is 5.32 Å². The first-order valence-electron chi connectivity index (χ1n) is 7.66. The fourth-order valence-corrected chi connectivity index (χ4v) is 3.11. The molecule has 2 rings (SSSR count). The van der Waals surface area contributed by atoms with Crippen molar-refractivity contribution in [2.45, 2.75) is 39.5 Å². The van der Waals surface area contributed by atoms with Gasteiger partial charge in [0.1, 0.15) is 0 Å². The Kier molecular flexibility index (Phi) is 4.87. The second-order valence-corrected chi connectivity index (χ2v) is 6.20. The van der Waals surface area contributed by atoms with Crippen LogP contribution in [0.15, 0.2) is 24.3 Å². The number of rotatable bonds is 5. The lowest BCUT2D eigenvalue weighted by Gasteiger charge is -2.36. The van der Waals surface area contributed by atoms with Crippen molar-refractivity contribution in [3.05, 3.63) is 29.8 Å². The Morgan fingerprint density at radius 1 is 1.26 bits per heavy atom. The van der Waals surface area contributed by atoms with E-state index in [1.165, 1.54) is 43.5 Å². The summed E-state index contributed by atoms with van der Waals surface area (Å²) in [6.07, 6.45) is 5.09. The quantitative estimate of drug-likeness (QED) is 0.872. The van der Waals surface area contributed by atoms with E-state index in [1.54, 1.807) is 0 Å². The van der Waals surface area contributed by atoms with Gasteiger partial charge in [0.05, 0.1) is 0 Å². The van der Waals surface area contributed by atoms with Crippen molar-refractivity contribution in [3.63, 3.8) is 0 Å². The van der Waals surface area contributed by atoms with Crippen LogP contribution in [0.2, 0.25) is 0 Å². The van der Waals surface area contributed by atoms with Crippen molar-refractivity contribution in [3.8, 4) is 0 Å². The number of nitrogens with zero attached hydrogens (tertiary/aromatic N) is 1. The summed E-state index contributed by atoms with van der Waals surface area (Å²) in [7, 11) is 2.06. The van der Waals surface area contributed by atoms with Gasteiger partial charge >= 0.3 is 0 Å². The standard InChI is InChI=1S/C17H28N2/c1-4-17(2,13-18-3)14-19-12-8-7-10-15-9-5-6-11-16(15)19/h5-6,9,11,18H,4,7-8,10,12-14H2,1-3H3. The van der Waals surface area contributed by atoms with Crippen LogP contribution in [0.3, 0.4) is 0 Å². The minimum absolute atomic E-state index is 0.353. The van der Waals surface area contributed by atoms with E-state index in [0.717, 1.165) is 13.1 Å². The Hall–Kier alpha value is -1.02. The molecule has 0 bridgehead atoms. The third-order valence-corrected chi connectivity index (χ3v) is 4.49. The van der Waals surface area contributed by atoms with Crippen molar-refractivity contribution < 1.29 is 0 Å². The number of benzene rings is 1. The van der Waals surface area contributed by atoms with Crippen molar-refractivity contribution in [2.24, 2.45) is 5.41 Å². The molecule has 1 aromatic carbocycles. The van der Waals surface area contributed by atoms with Crippen LogP contribution in [-0.4, -0.2) is 26.7 Å². The Morgan fingerprint density at radius 2 is 2.05 bits per heavy atom. The summed E-state index contributed by atoms with van der Waals surface area (Å²) in [5.74, 6) is 0. The lowest BCUT2D eigenvalue weighted by molar-refractivity contribution is 0.303. The van der Waals surface area contributed by atoms with Crippen molar-refractivity contribution in [1.29, 1.82) is 0 Å². The van der Waals surface area contributed by atoms with E-state index in [2.05, 4.69) is 55.4 Å². The van der Waals surface area contributed by atoms with E-state index in [-0.39, 0.29) is 0 Å². The van der Waals surface area contributed by atoms with Gasteiger partial charge in [-0.15, -0.1) is 0 Å². The molecule has 19 heavy (non-hydrogen) atoms. The first kappa shape index (κ1) is 14.4. The number of hydrogen-bond donors (Lipinski definition) is 1. The summed E-state index contributed by atoms with van der Waals surface area (Å²) in [5, 5.41) is 3.36. The Balaban J connectivity index is 2.19. The SMILES string of the molecule is CCC(C)(CNC)CN1CCCCc2ccccc21. The highest BCUT2D eigenvalue weighted by molar-refractivity contribution is 5.54. The maximum atomic E-state index is 3.36.